The molecule has 0 spiro atoms. The number of ether oxygens (including phenoxy) is 1. The van der Waals surface area contributed by atoms with Gasteiger partial charge in [0, 0.05) is 16.2 Å². The maximum absolute atomic E-state index is 13.1. The fraction of sp³-hybridized carbons (Fsp3) is 0.333. The molecule has 0 fully saturated rings. The topological polar surface area (TPSA) is 59.4 Å². The SMILES string of the molecule is COC(=O)C[C@H](O)c1cc(Br)cnc1F. The second-order valence-corrected chi connectivity index (χ2v) is 3.75. The Labute approximate surface area is 94.2 Å². The number of methoxy groups -OCH3 is 1. The van der Waals surface area contributed by atoms with Gasteiger partial charge >= 0.3 is 5.97 Å². The number of carbonyl (C=O) groups is 1. The Morgan fingerprint density at radius 3 is 3.07 bits per heavy atom. The van der Waals surface area contributed by atoms with E-state index in [2.05, 4.69) is 25.7 Å². The number of nitrogens with zero attached hydrogens (tertiary/aromatic N) is 1. The number of pyridine rings is 1. The number of aliphatic hydroxyl groups excluding tert-OH is 1. The third-order valence-corrected chi connectivity index (χ3v) is 2.21. The molecule has 0 amide bonds. The Morgan fingerprint density at radius 2 is 2.47 bits per heavy atom. The van der Waals surface area contributed by atoms with Gasteiger partial charge in [-0.15, -0.1) is 0 Å². The fourth-order valence-corrected chi connectivity index (χ4v) is 1.37. The molecule has 0 bridgehead atoms. The molecule has 0 unspecified atom stereocenters. The molecular weight excluding hydrogens is 269 g/mol. The first kappa shape index (κ1) is 12.1. The Bertz CT molecular complexity index is 372. The molecule has 0 saturated heterocycles. The fourth-order valence-electron chi connectivity index (χ4n) is 1.02. The van der Waals surface area contributed by atoms with Crippen LogP contribution in [0.15, 0.2) is 16.7 Å². The van der Waals surface area contributed by atoms with Crippen LogP contribution in [0.5, 0.6) is 0 Å². The van der Waals surface area contributed by atoms with Gasteiger partial charge in [-0.2, -0.15) is 4.39 Å². The Balaban J connectivity index is 2.85. The zero-order chi connectivity index (χ0) is 11.4. The van der Waals surface area contributed by atoms with Crippen LogP contribution < -0.4 is 0 Å². The van der Waals surface area contributed by atoms with Gasteiger partial charge in [-0.3, -0.25) is 4.79 Å². The van der Waals surface area contributed by atoms with E-state index in [1.165, 1.54) is 19.4 Å². The second kappa shape index (κ2) is 5.18. The molecule has 0 radical (unpaired) electrons. The average molecular weight is 278 g/mol. The predicted molar refractivity (Wildman–Crippen MR) is 53.5 cm³/mol. The number of halogens is 2. The summed E-state index contributed by atoms with van der Waals surface area (Å²) in [7, 11) is 1.20. The Kier molecular flexibility index (Phi) is 4.16. The Morgan fingerprint density at radius 1 is 1.80 bits per heavy atom. The number of carbonyl (C=O) groups excluding carboxylic acids is 1. The molecule has 1 atom stereocenters. The van der Waals surface area contributed by atoms with Crippen molar-refractivity contribution in [2.45, 2.75) is 12.5 Å². The maximum Gasteiger partial charge on any atom is 0.308 e. The molecule has 15 heavy (non-hydrogen) atoms. The predicted octanol–water partition coefficient (Wildman–Crippen LogP) is 1.58. The highest BCUT2D eigenvalue weighted by atomic mass is 79.9. The molecule has 1 rings (SSSR count). The molecule has 6 heteroatoms. The Hall–Kier alpha value is -1.01. The van der Waals surface area contributed by atoms with Crippen molar-refractivity contribution in [2.75, 3.05) is 7.11 Å². The van der Waals surface area contributed by atoms with Crippen LogP contribution in [0.25, 0.3) is 0 Å². The summed E-state index contributed by atoms with van der Waals surface area (Å²) >= 11 is 3.09. The van der Waals surface area contributed by atoms with E-state index in [4.69, 9.17) is 0 Å². The van der Waals surface area contributed by atoms with Crippen LogP contribution in [0.1, 0.15) is 18.1 Å². The third kappa shape index (κ3) is 3.24. The molecule has 0 aliphatic rings. The van der Waals surface area contributed by atoms with E-state index in [-0.39, 0.29) is 12.0 Å². The first-order valence-electron chi connectivity index (χ1n) is 4.10. The second-order valence-electron chi connectivity index (χ2n) is 2.83. The number of hydrogen-bond acceptors (Lipinski definition) is 4. The van der Waals surface area contributed by atoms with Crippen molar-refractivity contribution in [1.82, 2.24) is 4.98 Å². The van der Waals surface area contributed by atoms with E-state index >= 15 is 0 Å². The van der Waals surface area contributed by atoms with Crippen LogP contribution in [0.3, 0.4) is 0 Å². The average Bonchev–Trinajstić information content (AvgIpc) is 2.21. The van der Waals surface area contributed by atoms with Crippen molar-refractivity contribution in [3.05, 3.63) is 28.2 Å². The van der Waals surface area contributed by atoms with E-state index in [9.17, 15) is 14.3 Å². The number of hydrogen-bond donors (Lipinski definition) is 1. The molecular formula is C9H9BrFNO3. The summed E-state index contributed by atoms with van der Waals surface area (Å²) in [6.45, 7) is 0. The molecule has 1 N–H and O–H groups in total. The van der Waals surface area contributed by atoms with Crippen LogP contribution in [-0.2, 0) is 9.53 Å². The van der Waals surface area contributed by atoms with E-state index in [1.807, 2.05) is 0 Å². The van der Waals surface area contributed by atoms with Crippen molar-refractivity contribution in [2.24, 2.45) is 0 Å². The van der Waals surface area contributed by atoms with Gasteiger partial charge < -0.3 is 9.84 Å². The van der Waals surface area contributed by atoms with Crippen LogP contribution in [0.4, 0.5) is 4.39 Å². The molecule has 4 nitrogen and oxygen atoms in total. The standard InChI is InChI=1S/C9H9BrFNO3/c1-15-8(14)3-7(13)6-2-5(10)4-12-9(6)11/h2,4,7,13H,3H2,1H3/t7-/m0/s1. The molecule has 82 valence electrons. The van der Waals surface area contributed by atoms with Crippen molar-refractivity contribution in [3.63, 3.8) is 0 Å². The van der Waals surface area contributed by atoms with Crippen LogP contribution in [-0.4, -0.2) is 23.2 Å². The first-order chi connectivity index (χ1) is 7.04. The van der Waals surface area contributed by atoms with E-state index < -0.39 is 18.0 Å². The van der Waals surface area contributed by atoms with E-state index in [0.717, 1.165) is 0 Å². The number of aliphatic hydroxyl groups is 1. The van der Waals surface area contributed by atoms with Crippen molar-refractivity contribution in [3.8, 4) is 0 Å². The van der Waals surface area contributed by atoms with Gasteiger partial charge in [-0.05, 0) is 22.0 Å². The monoisotopic (exact) mass is 277 g/mol. The van der Waals surface area contributed by atoms with Gasteiger partial charge in [0.05, 0.1) is 19.6 Å². The number of rotatable bonds is 3. The molecule has 0 aliphatic carbocycles. The molecule has 1 heterocycles. The van der Waals surface area contributed by atoms with Crippen molar-refractivity contribution in [1.29, 1.82) is 0 Å². The van der Waals surface area contributed by atoms with Gasteiger partial charge in [0.2, 0.25) is 5.95 Å². The quantitative estimate of drug-likeness (QED) is 0.673. The van der Waals surface area contributed by atoms with Crippen molar-refractivity contribution < 1.29 is 19.0 Å². The minimum atomic E-state index is -1.25. The lowest BCUT2D eigenvalue weighted by molar-refractivity contribution is -0.142. The zero-order valence-corrected chi connectivity index (χ0v) is 9.49. The minimum Gasteiger partial charge on any atom is -0.469 e. The summed E-state index contributed by atoms with van der Waals surface area (Å²) in [5, 5.41) is 9.53. The largest absolute Gasteiger partial charge is 0.469 e. The number of esters is 1. The first-order valence-corrected chi connectivity index (χ1v) is 4.89. The summed E-state index contributed by atoms with van der Waals surface area (Å²) in [5.74, 6) is -1.41. The lowest BCUT2D eigenvalue weighted by Crippen LogP contribution is -2.10. The minimum absolute atomic E-state index is 0.0326. The molecule has 0 saturated carbocycles. The molecule has 0 aromatic carbocycles. The molecule has 0 aliphatic heterocycles. The normalized spacial score (nSPS) is 12.3. The highest BCUT2D eigenvalue weighted by molar-refractivity contribution is 9.10. The van der Waals surface area contributed by atoms with Crippen molar-refractivity contribution >= 4 is 21.9 Å². The lowest BCUT2D eigenvalue weighted by Gasteiger charge is -2.09. The van der Waals surface area contributed by atoms with Gasteiger partial charge in [0.15, 0.2) is 0 Å². The molecule has 1 aromatic rings. The van der Waals surface area contributed by atoms with Crippen LogP contribution in [0.2, 0.25) is 0 Å². The smallest absolute Gasteiger partial charge is 0.308 e. The number of aromatic nitrogens is 1. The highest BCUT2D eigenvalue weighted by Crippen LogP contribution is 2.22. The van der Waals surface area contributed by atoms with E-state index in [0.29, 0.717) is 4.47 Å². The zero-order valence-electron chi connectivity index (χ0n) is 7.91. The van der Waals surface area contributed by atoms with E-state index in [1.54, 1.807) is 0 Å². The molecule has 1 aromatic heterocycles. The highest BCUT2D eigenvalue weighted by Gasteiger charge is 2.18. The summed E-state index contributed by atoms with van der Waals surface area (Å²) < 4.78 is 18.0. The van der Waals surface area contributed by atoms with Gasteiger partial charge in [-0.1, -0.05) is 0 Å². The summed E-state index contributed by atoms with van der Waals surface area (Å²) in [5.41, 5.74) is -0.0326. The third-order valence-electron chi connectivity index (χ3n) is 1.78. The maximum atomic E-state index is 13.1. The van der Waals surface area contributed by atoms with Crippen LogP contribution in [0, 0.1) is 5.95 Å². The van der Waals surface area contributed by atoms with Gasteiger partial charge in [0.25, 0.3) is 0 Å². The summed E-state index contributed by atoms with van der Waals surface area (Å²) in [4.78, 5) is 14.3. The summed E-state index contributed by atoms with van der Waals surface area (Å²) in [6, 6.07) is 1.37. The summed E-state index contributed by atoms with van der Waals surface area (Å²) in [6.07, 6.45) is -0.280. The van der Waals surface area contributed by atoms with Gasteiger partial charge in [0.1, 0.15) is 0 Å². The lowest BCUT2D eigenvalue weighted by atomic mass is 10.1. The van der Waals surface area contributed by atoms with Crippen LogP contribution >= 0.6 is 15.9 Å². The van der Waals surface area contributed by atoms with Gasteiger partial charge in [-0.25, -0.2) is 4.98 Å².